The van der Waals surface area contributed by atoms with E-state index in [1.807, 2.05) is 60.7 Å². The van der Waals surface area contributed by atoms with Crippen molar-refractivity contribution < 1.29 is 19.1 Å². The molecule has 8 heteroatoms. The number of benzene rings is 4. The summed E-state index contributed by atoms with van der Waals surface area (Å²) in [5.41, 5.74) is 4.04. The van der Waals surface area contributed by atoms with Crippen molar-refractivity contribution >= 4 is 61.6 Å². The minimum atomic E-state index is -0.472. The van der Waals surface area contributed by atoms with Crippen LogP contribution in [0.1, 0.15) is 22.3 Å². The summed E-state index contributed by atoms with van der Waals surface area (Å²) in [4.78, 5) is 42.1. The monoisotopic (exact) mass is 612 g/mol. The molecule has 0 N–H and O–H groups in total. The fourth-order valence-corrected chi connectivity index (χ4v) is 6.27. The lowest BCUT2D eigenvalue weighted by atomic mass is 10.00. The zero-order valence-electron chi connectivity index (χ0n) is 21.5. The van der Waals surface area contributed by atoms with Crippen molar-refractivity contribution in [1.82, 2.24) is 9.80 Å². The molecule has 0 spiro atoms. The fourth-order valence-electron chi connectivity index (χ4n) is 5.06. The smallest absolute Gasteiger partial charge is 0.294 e. The van der Waals surface area contributed by atoms with E-state index >= 15 is 0 Å². The molecule has 2 aliphatic rings. The number of thioether (sulfide) groups is 1. The van der Waals surface area contributed by atoms with Gasteiger partial charge in [0.25, 0.3) is 11.1 Å². The Balaban J connectivity index is 1.18. The second-order valence-electron chi connectivity index (χ2n) is 9.71. The third-order valence-corrected chi connectivity index (χ3v) is 8.57. The van der Waals surface area contributed by atoms with Gasteiger partial charge in [-0.3, -0.25) is 19.3 Å². The van der Waals surface area contributed by atoms with Crippen molar-refractivity contribution in [3.8, 4) is 5.75 Å². The highest BCUT2D eigenvalue weighted by molar-refractivity contribution is 9.10. The first-order valence-corrected chi connectivity index (χ1v) is 14.6. The zero-order chi connectivity index (χ0) is 27.6. The molecule has 40 heavy (non-hydrogen) atoms. The third kappa shape index (κ3) is 5.42. The van der Waals surface area contributed by atoms with Crippen molar-refractivity contribution in [2.45, 2.75) is 19.6 Å². The number of fused-ring (bicyclic) bond motifs is 2. The molecule has 1 fully saturated rings. The van der Waals surface area contributed by atoms with Gasteiger partial charge in [-0.2, -0.15) is 0 Å². The quantitative estimate of drug-likeness (QED) is 0.224. The maximum absolute atomic E-state index is 13.3. The van der Waals surface area contributed by atoms with Crippen LogP contribution in [0.5, 0.6) is 5.75 Å². The molecular formula is C32H25BrN2O4S. The van der Waals surface area contributed by atoms with Gasteiger partial charge in [-0.05, 0) is 69.9 Å². The number of imide groups is 1. The van der Waals surface area contributed by atoms with E-state index in [1.54, 1.807) is 11.0 Å². The highest BCUT2D eigenvalue weighted by Crippen LogP contribution is 2.35. The molecule has 0 aliphatic carbocycles. The number of amides is 3. The first-order chi connectivity index (χ1) is 19.5. The van der Waals surface area contributed by atoms with Crippen molar-refractivity contribution in [1.29, 1.82) is 0 Å². The lowest BCUT2D eigenvalue weighted by Gasteiger charge is -2.29. The summed E-state index contributed by atoms with van der Waals surface area (Å²) < 4.78 is 7.03. The summed E-state index contributed by atoms with van der Waals surface area (Å²) in [6.45, 7) is 1.12. The van der Waals surface area contributed by atoms with Crippen LogP contribution in [0.2, 0.25) is 0 Å². The maximum Gasteiger partial charge on any atom is 0.294 e. The van der Waals surface area contributed by atoms with E-state index < -0.39 is 11.1 Å². The molecule has 2 aliphatic heterocycles. The molecule has 0 unspecified atom stereocenters. The van der Waals surface area contributed by atoms with Gasteiger partial charge in [0.15, 0.2) is 0 Å². The summed E-state index contributed by atoms with van der Waals surface area (Å²) in [5, 5.41) is 1.80. The minimum Gasteiger partial charge on any atom is -0.488 e. The van der Waals surface area contributed by atoms with Gasteiger partial charge in [0.05, 0.1) is 4.91 Å². The van der Waals surface area contributed by atoms with Gasteiger partial charge in [-0.25, -0.2) is 0 Å². The number of carbonyl (C=O) groups excluding carboxylic acids is 3. The Hall–Kier alpha value is -3.88. The van der Waals surface area contributed by atoms with E-state index in [-0.39, 0.29) is 17.4 Å². The van der Waals surface area contributed by atoms with E-state index in [4.69, 9.17) is 4.74 Å². The van der Waals surface area contributed by atoms with E-state index in [9.17, 15) is 14.4 Å². The maximum atomic E-state index is 13.3. The Morgan fingerprint density at radius 3 is 2.60 bits per heavy atom. The molecule has 0 aromatic heterocycles. The van der Waals surface area contributed by atoms with Crippen molar-refractivity contribution in [2.75, 3.05) is 13.1 Å². The average Bonchev–Trinajstić information content (AvgIpc) is 3.23. The second kappa shape index (κ2) is 11.3. The van der Waals surface area contributed by atoms with Crippen molar-refractivity contribution in [3.05, 3.63) is 117 Å². The second-order valence-corrected chi connectivity index (χ2v) is 11.6. The summed E-state index contributed by atoms with van der Waals surface area (Å²) in [7, 11) is 0. The topological polar surface area (TPSA) is 66.9 Å². The van der Waals surface area contributed by atoms with E-state index in [0.717, 1.165) is 49.5 Å². The van der Waals surface area contributed by atoms with Gasteiger partial charge >= 0.3 is 0 Å². The van der Waals surface area contributed by atoms with Gasteiger partial charge in [-0.1, -0.05) is 82.7 Å². The molecule has 0 radical (unpaired) electrons. The highest BCUT2D eigenvalue weighted by atomic mass is 79.9. The number of halogens is 1. The molecule has 200 valence electrons. The molecule has 0 atom stereocenters. The minimum absolute atomic E-state index is 0.236. The molecule has 4 aromatic rings. The summed E-state index contributed by atoms with van der Waals surface area (Å²) in [6.07, 6.45) is 2.42. The molecule has 6 rings (SSSR count). The number of carbonyl (C=O) groups is 3. The summed E-state index contributed by atoms with van der Waals surface area (Å²) >= 11 is 4.34. The Bertz CT molecular complexity index is 1680. The first kappa shape index (κ1) is 26.3. The van der Waals surface area contributed by atoms with Gasteiger partial charge in [0.2, 0.25) is 5.91 Å². The Kier molecular flexibility index (Phi) is 7.45. The highest BCUT2D eigenvalue weighted by Gasteiger charge is 2.37. The summed E-state index contributed by atoms with van der Waals surface area (Å²) in [5.74, 6) is -0.119. The number of hydrogen-bond acceptors (Lipinski definition) is 5. The fraction of sp³-hybridized carbons (Fsp3) is 0.156. The largest absolute Gasteiger partial charge is 0.488 e. The van der Waals surface area contributed by atoms with Crippen LogP contribution < -0.4 is 4.74 Å². The van der Waals surface area contributed by atoms with E-state index in [2.05, 4.69) is 40.2 Å². The molecular weight excluding hydrogens is 588 g/mol. The third-order valence-electron chi connectivity index (χ3n) is 7.17. The zero-order valence-corrected chi connectivity index (χ0v) is 23.9. The van der Waals surface area contributed by atoms with Crippen LogP contribution in [-0.2, 0) is 29.2 Å². The lowest BCUT2D eigenvalue weighted by Crippen LogP contribution is -2.44. The van der Waals surface area contributed by atoms with Crippen LogP contribution in [0.15, 0.2) is 94.3 Å². The van der Waals surface area contributed by atoms with Crippen LogP contribution >= 0.6 is 27.7 Å². The molecule has 2 heterocycles. The molecule has 6 nitrogen and oxygen atoms in total. The molecule has 0 bridgehead atoms. The van der Waals surface area contributed by atoms with Crippen LogP contribution in [0, 0.1) is 0 Å². The Morgan fingerprint density at radius 2 is 1.73 bits per heavy atom. The normalized spacial score (nSPS) is 16.1. The lowest BCUT2D eigenvalue weighted by molar-refractivity contribution is -0.136. The molecule has 4 aromatic carbocycles. The first-order valence-electron chi connectivity index (χ1n) is 13.0. The number of nitrogens with zero attached hydrogens (tertiary/aromatic N) is 2. The Morgan fingerprint density at radius 1 is 0.950 bits per heavy atom. The molecule has 0 saturated carbocycles. The van der Waals surface area contributed by atoms with Crippen molar-refractivity contribution in [3.63, 3.8) is 0 Å². The predicted molar refractivity (Wildman–Crippen MR) is 161 cm³/mol. The number of hydrogen-bond donors (Lipinski definition) is 0. The molecule has 3 amide bonds. The van der Waals surface area contributed by atoms with Crippen LogP contribution in [-0.4, -0.2) is 39.9 Å². The Labute approximate surface area is 244 Å². The van der Waals surface area contributed by atoms with Crippen LogP contribution in [0.3, 0.4) is 0 Å². The SMILES string of the molecule is O=C(CN1C(=O)S/C(=C\c2cc(Br)ccc2OCc2cccc3ccccc23)C1=O)N1CCc2ccccc2C1. The average molecular weight is 614 g/mol. The van der Waals surface area contributed by atoms with Crippen LogP contribution in [0.4, 0.5) is 4.79 Å². The van der Waals surface area contributed by atoms with Gasteiger partial charge < -0.3 is 9.64 Å². The number of ether oxygens (including phenoxy) is 1. The van der Waals surface area contributed by atoms with Crippen molar-refractivity contribution in [2.24, 2.45) is 0 Å². The van der Waals surface area contributed by atoms with Crippen LogP contribution in [0.25, 0.3) is 16.8 Å². The summed E-state index contributed by atoms with van der Waals surface area (Å²) in [6, 6.07) is 27.8. The molecule has 1 saturated heterocycles. The standard InChI is InChI=1S/C32H25BrN2O4S/c33-26-12-13-28(39-20-24-10-5-9-22-7-3-4-11-27(22)24)25(16-26)17-29-31(37)35(32(38)40-29)19-30(36)34-15-14-21-6-1-2-8-23(21)18-34/h1-13,16-17H,14-15,18-20H2/b29-17-. The van der Waals surface area contributed by atoms with Gasteiger partial charge in [-0.15, -0.1) is 0 Å². The van der Waals surface area contributed by atoms with E-state index in [1.165, 1.54) is 5.56 Å². The van der Waals surface area contributed by atoms with Gasteiger partial charge in [0.1, 0.15) is 18.9 Å². The predicted octanol–water partition coefficient (Wildman–Crippen LogP) is 6.80. The number of rotatable bonds is 6. The van der Waals surface area contributed by atoms with Gasteiger partial charge in [0, 0.05) is 23.1 Å². The van der Waals surface area contributed by atoms with E-state index in [0.29, 0.717) is 31.0 Å².